The van der Waals surface area contributed by atoms with Crippen molar-refractivity contribution in [3.8, 4) is 0 Å². The van der Waals surface area contributed by atoms with E-state index in [4.69, 9.17) is 11.6 Å². The first-order chi connectivity index (χ1) is 20.3. The summed E-state index contributed by atoms with van der Waals surface area (Å²) in [6.07, 6.45) is 3.97. The Balaban J connectivity index is 1.23. The van der Waals surface area contributed by atoms with Crippen molar-refractivity contribution >= 4 is 35.0 Å². The summed E-state index contributed by atoms with van der Waals surface area (Å²) in [5.41, 5.74) is 4.32. The number of fused-ring (bicyclic) bond motifs is 1. The number of halogens is 1. The van der Waals surface area contributed by atoms with Crippen LogP contribution in [0.4, 0.5) is 5.69 Å². The highest BCUT2D eigenvalue weighted by molar-refractivity contribution is 6.31. The molecule has 8 nitrogen and oxygen atoms in total. The van der Waals surface area contributed by atoms with Gasteiger partial charge in [-0.2, -0.15) is 0 Å². The Morgan fingerprint density at radius 1 is 0.953 bits per heavy atom. The molecule has 2 atom stereocenters. The van der Waals surface area contributed by atoms with Crippen molar-refractivity contribution in [3.63, 3.8) is 0 Å². The lowest BCUT2D eigenvalue weighted by Gasteiger charge is -2.34. The molecule has 3 saturated heterocycles. The van der Waals surface area contributed by atoms with Gasteiger partial charge in [-0.05, 0) is 75.9 Å². The largest absolute Gasteiger partial charge is 0.343 e. The van der Waals surface area contributed by atoms with Crippen molar-refractivity contribution in [2.24, 2.45) is 16.7 Å². The minimum atomic E-state index is -0.102. The van der Waals surface area contributed by atoms with E-state index in [0.29, 0.717) is 37.5 Å². The summed E-state index contributed by atoms with van der Waals surface area (Å²) in [6, 6.07) is 7.78. The first-order valence-electron chi connectivity index (χ1n) is 15.6. The van der Waals surface area contributed by atoms with Crippen LogP contribution >= 0.6 is 11.6 Å². The maximum atomic E-state index is 13.8. The van der Waals surface area contributed by atoms with Crippen LogP contribution in [0, 0.1) is 37.5 Å². The minimum absolute atomic E-state index is 0.00263. The van der Waals surface area contributed by atoms with E-state index in [0.717, 1.165) is 67.2 Å². The zero-order chi connectivity index (χ0) is 31.1. The van der Waals surface area contributed by atoms with Crippen LogP contribution in [0.25, 0.3) is 0 Å². The summed E-state index contributed by atoms with van der Waals surface area (Å²) in [5, 5.41) is 0.658. The quantitative estimate of drug-likeness (QED) is 0.436. The fraction of sp³-hybridized carbons (Fsp3) is 0.588. The number of amides is 3. The monoisotopic (exact) mass is 607 g/mol. The average Bonchev–Trinajstić information content (AvgIpc) is 3.35. The molecule has 9 heteroatoms. The highest BCUT2D eigenvalue weighted by atomic mass is 35.5. The molecular formula is C34H46ClN5O3. The maximum Gasteiger partial charge on any atom is 0.256 e. The van der Waals surface area contributed by atoms with Gasteiger partial charge in [0.05, 0.1) is 11.3 Å². The minimum Gasteiger partial charge on any atom is -0.343 e. The van der Waals surface area contributed by atoms with Gasteiger partial charge >= 0.3 is 0 Å². The fourth-order valence-electron chi connectivity index (χ4n) is 7.51. The van der Waals surface area contributed by atoms with E-state index in [-0.39, 0.29) is 34.5 Å². The molecule has 3 aliphatic rings. The molecule has 0 saturated carbocycles. The van der Waals surface area contributed by atoms with E-state index in [1.807, 2.05) is 59.7 Å². The van der Waals surface area contributed by atoms with E-state index >= 15 is 0 Å². The third kappa shape index (κ3) is 6.18. The van der Waals surface area contributed by atoms with Crippen LogP contribution in [0.3, 0.4) is 0 Å². The third-order valence-corrected chi connectivity index (χ3v) is 10.8. The summed E-state index contributed by atoms with van der Waals surface area (Å²) < 4.78 is 0. The number of rotatable bonds is 7. The third-order valence-electron chi connectivity index (χ3n) is 10.4. The Bertz CT molecular complexity index is 1370. The standard InChI is InChI=1S/C34H46ClN5O3/c1-23-8-9-28(18-29(23)35)40(31(42)27-11-16-38(17-12-27)26(4)41)15-7-14-37-19-33(5)21-39(22-34(33,6)20-37)32(43)30-24(2)10-13-36-25(30)3/h8-10,13,18,27H,7,11-12,14-17,19-22H2,1-6H3/t33-,34+. The highest BCUT2D eigenvalue weighted by Crippen LogP contribution is 2.51. The van der Waals surface area contributed by atoms with Crippen LogP contribution in [-0.2, 0) is 9.59 Å². The molecule has 3 aliphatic heterocycles. The van der Waals surface area contributed by atoms with Gasteiger partial charge in [-0.15, -0.1) is 0 Å². The zero-order valence-electron chi connectivity index (χ0n) is 26.6. The summed E-state index contributed by atoms with van der Waals surface area (Å²) in [5.74, 6) is 0.179. The maximum absolute atomic E-state index is 13.8. The molecule has 0 unspecified atom stereocenters. The second-order valence-electron chi connectivity index (χ2n) is 13.6. The zero-order valence-corrected chi connectivity index (χ0v) is 27.3. The van der Waals surface area contributed by atoms with Crippen LogP contribution < -0.4 is 4.90 Å². The number of carbonyl (C=O) groups excluding carboxylic acids is 3. The van der Waals surface area contributed by atoms with Gasteiger partial charge in [0.1, 0.15) is 0 Å². The van der Waals surface area contributed by atoms with Crippen LogP contribution in [0.5, 0.6) is 0 Å². The van der Waals surface area contributed by atoms with E-state index in [9.17, 15) is 14.4 Å². The van der Waals surface area contributed by atoms with Crippen LogP contribution in [0.1, 0.15) is 67.2 Å². The van der Waals surface area contributed by atoms with Gasteiger partial charge in [0, 0.05) is 86.4 Å². The van der Waals surface area contributed by atoms with Crippen molar-refractivity contribution in [2.45, 2.75) is 60.8 Å². The molecule has 2 aromatic rings. The summed E-state index contributed by atoms with van der Waals surface area (Å²) >= 11 is 6.49. The molecule has 0 aliphatic carbocycles. The second kappa shape index (κ2) is 12.2. The number of anilines is 1. The Hall–Kier alpha value is -2.97. The van der Waals surface area contributed by atoms with Gasteiger partial charge in [-0.25, -0.2) is 0 Å². The highest BCUT2D eigenvalue weighted by Gasteiger charge is 2.58. The molecule has 1 aromatic heterocycles. The number of likely N-dealkylation sites (tertiary alicyclic amines) is 3. The van der Waals surface area contributed by atoms with Crippen LogP contribution in [0.2, 0.25) is 5.02 Å². The van der Waals surface area contributed by atoms with Gasteiger partial charge in [-0.3, -0.25) is 19.4 Å². The molecule has 232 valence electrons. The molecule has 3 fully saturated rings. The number of piperidine rings is 1. The first kappa shape index (κ1) is 31.5. The lowest BCUT2D eigenvalue weighted by atomic mass is 9.71. The summed E-state index contributed by atoms with van der Waals surface area (Å²) in [7, 11) is 0. The number of aromatic nitrogens is 1. The SMILES string of the molecule is CC(=O)N1CCC(C(=O)N(CCCN2C[C@@]3(C)CN(C(=O)c4c(C)ccnc4C)C[C@@]3(C)C2)c2ccc(C)c(Cl)c2)CC1. The average molecular weight is 608 g/mol. The molecule has 1 aromatic carbocycles. The van der Waals surface area contributed by atoms with E-state index in [1.165, 1.54) is 0 Å². The number of pyridine rings is 1. The van der Waals surface area contributed by atoms with Gasteiger partial charge in [0.2, 0.25) is 11.8 Å². The van der Waals surface area contributed by atoms with E-state index in [2.05, 4.69) is 23.7 Å². The number of nitrogens with zero attached hydrogens (tertiary/aromatic N) is 5. The fourth-order valence-corrected chi connectivity index (χ4v) is 7.69. The van der Waals surface area contributed by atoms with Gasteiger partial charge in [-0.1, -0.05) is 31.5 Å². The van der Waals surface area contributed by atoms with Crippen molar-refractivity contribution in [3.05, 3.63) is 57.9 Å². The Kier molecular flexibility index (Phi) is 8.92. The van der Waals surface area contributed by atoms with Gasteiger partial charge in [0.15, 0.2) is 0 Å². The number of aryl methyl sites for hydroxylation is 3. The molecular weight excluding hydrogens is 562 g/mol. The van der Waals surface area contributed by atoms with Gasteiger partial charge in [0.25, 0.3) is 5.91 Å². The molecule has 4 heterocycles. The van der Waals surface area contributed by atoms with E-state index in [1.54, 1.807) is 13.1 Å². The predicted octanol–water partition coefficient (Wildman–Crippen LogP) is 5.13. The number of carbonyl (C=O) groups is 3. The van der Waals surface area contributed by atoms with Crippen LogP contribution in [0.15, 0.2) is 30.5 Å². The summed E-state index contributed by atoms with van der Waals surface area (Å²) in [4.78, 5) is 51.9. The number of benzene rings is 1. The van der Waals surface area contributed by atoms with Crippen molar-refractivity contribution in [1.82, 2.24) is 19.7 Å². The Morgan fingerprint density at radius 2 is 1.60 bits per heavy atom. The molecule has 3 amide bonds. The molecule has 0 spiro atoms. The summed E-state index contributed by atoms with van der Waals surface area (Å²) in [6.45, 7) is 18.1. The van der Waals surface area contributed by atoms with Gasteiger partial charge < -0.3 is 19.6 Å². The molecule has 0 bridgehead atoms. The molecule has 5 rings (SSSR count). The van der Waals surface area contributed by atoms with Crippen molar-refractivity contribution in [1.29, 1.82) is 0 Å². The van der Waals surface area contributed by atoms with E-state index < -0.39 is 0 Å². The number of hydrogen-bond acceptors (Lipinski definition) is 5. The molecule has 43 heavy (non-hydrogen) atoms. The number of hydrogen-bond donors (Lipinski definition) is 0. The topological polar surface area (TPSA) is 77.1 Å². The van der Waals surface area contributed by atoms with Crippen molar-refractivity contribution in [2.75, 3.05) is 57.3 Å². The van der Waals surface area contributed by atoms with Crippen molar-refractivity contribution < 1.29 is 14.4 Å². The Labute approximate surface area is 261 Å². The normalized spacial score (nSPS) is 24.3. The molecule has 0 radical (unpaired) electrons. The second-order valence-corrected chi connectivity index (χ2v) is 14.0. The first-order valence-corrected chi connectivity index (χ1v) is 16.0. The molecule has 0 N–H and O–H groups in total. The smallest absolute Gasteiger partial charge is 0.256 e. The lowest BCUT2D eigenvalue weighted by Crippen LogP contribution is -2.44. The predicted molar refractivity (Wildman–Crippen MR) is 170 cm³/mol. The van der Waals surface area contributed by atoms with Crippen LogP contribution in [-0.4, -0.2) is 89.8 Å². The Morgan fingerprint density at radius 3 is 2.19 bits per heavy atom. The lowest BCUT2D eigenvalue weighted by molar-refractivity contribution is -0.133.